The van der Waals surface area contributed by atoms with Crippen molar-refractivity contribution in [2.75, 3.05) is 11.1 Å². The number of benzene rings is 1. The van der Waals surface area contributed by atoms with Crippen LogP contribution in [-0.2, 0) is 4.79 Å². The highest BCUT2D eigenvalue weighted by Crippen LogP contribution is 2.43. The Kier molecular flexibility index (Phi) is 3.20. The Labute approximate surface area is 117 Å². The number of rotatable bonds is 1. The Bertz CT molecular complexity index is 625. The van der Waals surface area contributed by atoms with Crippen molar-refractivity contribution >= 4 is 35.1 Å². The fourth-order valence-electron chi connectivity index (χ4n) is 2.02. The second-order valence-electron chi connectivity index (χ2n) is 4.07. The number of carbonyl (C=O) groups excluding carboxylic acids is 1. The number of thioether (sulfide) groups is 1. The molecule has 98 valence electrons. The molecule has 1 aromatic heterocycles. The van der Waals surface area contributed by atoms with Gasteiger partial charge in [-0.25, -0.2) is 4.39 Å². The number of nitrogens with zero attached hydrogens (tertiary/aromatic N) is 1. The van der Waals surface area contributed by atoms with Crippen LogP contribution < -0.4 is 5.32 Å². The van der Waals surface area contributed by atoms with Gasteiger partial charge in [0.1, 0.15) is 11.6 Å². The van der Waals surface area contributed by atoms with Gasteiger partial charge in [-0.15, -0.1) is 11.8 Å². The normalized spacial score (nSPS) is 18.6. The lowest BCUT2D eigenvalue weighted by Crippen LogP contribution is -2.12. The average Bonchev–Trinajstić information content (AvgIpc) is 2.75. The van der Waals surface area contributed by atoms with Crippen LogP contribution in [0.1, 0.15) is 16.4 Å². The molecule has 3 rings (SSSR count). The first-order valence-corrected chi connectivity index (χ1v) is 6.98. The molecular formula is C12H9ClFN3OS. The predicted octanol–water partition coefficient (Wildman–Crippen LogP) is 2.98. The lowest BCUT2D eigenvalue weighted by molar-refractivity contribution is -0.113. The molecule has 19 heavy (non-hydrogen) atoms. The zero-order valence-electron chi connectivity index (χ0n) is 9.61. The molecular weight excluding hydrogens is 289 g/mol. The fourth-order valence-corrected chi connectivity index (χ4v) is 3.51. The molecule has 7 heteroatoms. The lowest BCUT2D eigenvalue weighted by Gasteiger charge is -2.16. The van der Waals surface area contributed by atoms with Gasteiger partial charge in [-0.05, 0) is 12.1 Å². The highest BCUT2D eigenvalue weighted by Gasteiger charge is 2.29. The first-order chi connectivity index (χ1) is 9.16. The molecule has 0 aliphatic carbocycles. The molecule has 1 atom stereocenters. The molecule has 0 spiro atoms. The third kappa shape index (κ3) is 2.21. The molecule has 0 saturated heterocycles. The highest BCUT2D eigenvalue weighted by atomic mass is 35.5. The number of carbonyl (C=O) groups is 1. The van der Waals surface area contributed by atoms with Crippen molar-refractivity contribution in [1.82, 2.24) is 10.2 Å². The summed E-state index contributed by atoms with van der Waals surface area (Å²) >= 11 is 7.42. The Morgan fingerprint density at radius 1 is 1.47 bits per heavy atom. The molecule has 0 bridgehead atoms. The summed E-state index contributed by atoms with van der Waals surface area (Å²) in [4.78, 5) is 11.6. The summed E-state index contributed by atoms with van der Waals surface area (Å²) in [5.74, 6) is 0.203. The number of hydrogen-bond acceptors (Lipinski definition) is 3. The topological polar surface area (TPSA) is 57.8 Å². The first-order valence-electron chi connectivity index (χ1n) is 5.55. The monoisotopic (exact) mass is 297 g/mol. The molecule has 0 saturated carbocycles. The smallest absolute Gasteiger partial charge is 0.235 e. The molecule has 2 N–H and O–H groups in total. The Balaban J connectivity index is 2.13. The summed E-state index contributed by atoms with van der Waals surface area (Å²) in [6.45, 7) is 0. The molecule has 0 fully saturated rings. The van der Waals surface area contributed by atoms with Crippen molar-refractivity contribution in [2.45, 2.75) is 5.25 Å². The minimum atomic E-state index is -0.383. The fraction of sp³-hybridized carbons (Fsp3) is 0.167. The van der Waals surface area contributed by atoms with E-state index >= 15 is 0 Å². The number of fused-ring (bicyclic) bond motifs is 1. The van der Waals surface area contributed by atoms with Crippen LogP contribution in [0.5, 0.6) is 0 Å². The molecule has 2 aromatic rings. The summed E-state index contributed by atoms with van der Waals surface area (Å²) in [7, 11) is 0. The van der Waals surface area contributed by atoms with Gasteiger partial charge < -0.3 is 5.32 Å². The minimum absolute atomic E-state index is 0.148. The van der Waals surface area contributed by atoms with Crippen LogP contribution in [0.25, 0.3) is 0 Å². The van der Waals surface area contributed by atoms with E-state index in [-0.39, 0.29) is 22.7 Å². The largest absolute Gasteiger partial charge is 0.310 e. The van der Waals surface area contributed by atoms with Crippen LogP contribution in [0.3, 0.4) is 0 Å². The van der Waals surface area contributed by atoms with Crippen molar-refractivity contribution in [1.29, 1.82) is 0 Å². The standard InChI is InChI=1S/C12H9ClFN3OS/c13-7-2-1-3-8(14)10(7)11-6-4-15-17-12(6)16-9(18)5-19-11/h1-4,11H,5H2,(H2,15,16,17,18)/t11-/m0/s1. The van der Waals surface area contributed by atoms with Gasteiger partial charge in [0, 0.05) is 16.1 Å². The summed E-state index contributed by atoms with van der Waals surface area (Å²) in [5, 5.41) is 9.29. The van der Waals surface area contributed by atoms with Crippen molar-refractivity contribution in [3.8, 4) is 0 Å². The van der Waals surface area contributed by atoms with Crippen LogP contribution in [0, 0.1) is 5.82 Å². The van der Waals surface area contributed by atoms with Gasteiger partial charge in [0.25, 0.3) is 0 Å². The van der Waals surface area contributed by atoms with Gasteiger partial charge in [-0.2, -0.15) is 5.10 Å². The Morgan fingerprint density at radius 3 is 3.11 bits per heavy atom. The van der Waals surface area contributed by atoms with Crippen molar-refractivity contribution in [3.63, 3.8) is 0 Å². The Hall–Kier alpha value is -1.53. The second kappa shape index (κ2) is 4.86. The molecule has 1 aliphatic rings. The van der Waals surface area contributed by atoms with Crippen LogP contribution in [-0.4, -0.2) is 21.9 Å². The lowest BCUT2D eigenvalue weighted by atomic mass is 10.1. The molecule has 4 nitrogen and oxygen atoms in total. The van der Waals surface area contributed by atoms with E-state index in [2.05, 4.69) is 15.5 Å². The molecule has 1 amide bonds. The molecule has 0 radical (unpaired) electrons. The van der Waals surface area contributed by atoms with Gasteiger partial charge in [0.15, 0.2) is 0 Å². The number of anilines is 1. The maximum absolute atomic E-state index is 14.0. The van der Waals surface area contributed by atoms with E-state index in [1.165, 1.54) is 17.8 Å². The molecule has 1 aliphatic heterocycles. The van der Waals surface area contributed by atoms with Gasteiger partial charge in [0.05, 0.1) is 17.2 Å². The maximum Gasteiger partial charge on any atom is 0.235 e. The Morgan fingerprint density at radius 2 is 2.32 bits per heavy atom. The van der Waals surface area contributed by atoms with E-state index < -0.39 is 0 Å². The average molecular weight is 298 g/mol. The van der Waals surface area contributed by atoms with E-state index in [4.69, 9.17) is 11.6 Å². The number of H-pyrrole nitrogens is 1. The highest BCUT2D eigenvalue weighted by molar-refractivity contribution is 8.00. The summed E-state index contributed by atoms with van der Waals surface area (Å²) in [5.41, 5.74) is 1.11. The van der Waals surface area contributed by atoms with E-state index in [9.17, 15) is 9.18 Å². The summed E-state index contributed by atoms with van der Waals surface area (Å²) in [6.07, 6.45) is 1.58. The number of hydrogen-bond donors (Lipinski definition) is 2. The van der Waals surface area contributed by atoms with Gasteiger partial charge in [-0.3, -0.25) is 9.89 Å². The van der Waals surface area contributed by atoms with Crippen LogP contribution in [0.15, 0.2) is 24.4 Å². The molecule has 2 heterocycles. The molecule has 1 aromatic carbocycles. The number of halogens is 2. The maximum atomic E-state index is 14.0. The second-order valence-corrected chi connectivity index (χ2v) is 5.58. The zero-order chi connectivity index (χ0) is 13.4. The summed E-state index contributed by atoms with van der Waals surface area (Å²) in [6, 6.07) is 4.56. The quantitative estimate of drug-likeness (QED) is 0.851. The third-order valence-corrected chi connectivity index (χ3v) is 4.44. The predicted molar refractivity (Wildman–Crippen MR) is 72.9 cm³/mol. The number of aromatic amines is 1. The van der Waals surface area contributed by atoms with Crippen LogP contribution in [0.2, 0.25) is 5.02 Å². The molecule has 0 unspecified atom stereocenters. The number of aromatic nitrogens is 2. The van der Waals surface area contributed by atoms with Crippen molar-refractivity contribution in [2.24, 2.45) is 0 Å². The van der Waals surface area contributed by atoms with E-state index in [0.29, 0.717) is 16.4 Å². The summed E-state index contributed by atoms with van der Waals surface area (Å²) < 4.78 is 14.0. The van der Waals surface area contributed by atoms with Crippen LogP contribution in [0.4, 0.5) is 10.2 Å². The SMILES string of the molecule is O=C1CS[C@H](c2c(F)cccc2Cl)c2cn[nH]c2N1. The van der Waals surface area contributed by atoms with E-state index in [1.54, 1.807) is 18.3 Å². The third-order valence-electron chi connectivity index (χ3n) is 2.86. The van der Waals surface area contributed by atoms with Gasteiger partial charge >= 0.3 is 0 Å². The first kappa shape index (κ1) is 12.5. The van der Waals surface area contributed by atoms with Crippen molar-refractivity contribution in [3.05, 3.63) is 46.4 Å². The number of amides is 1. The minimum Gasteiger partial charge on any atom is -0.310 e. The van der Waals surface area contributed by atoms with Crippen LogP contribution >= 0.6 is 23.4 Å². The number of nitrogens with one attached hydrogen (secondary N) is 2. The van der Waals surface area contributed by atoms with E-state index in [1.807, 2.05) is 0 Å². The zero-order valence-corrected chi connectivity index (χ0v) is 11.2. The van der Waals surface area contributed by atoms with Gasteiger partial charge in [0.2, 0.25) is 5.91 Å². The van der Waals surface area contributed by atoms with Gasteiger partial charge in [-0.1, -0.05) is 17.7 Å². The van der Waals surface area contributed by atoms with E-state index in [0.717, 1.165) is 5.56 Å². The van der Waals surface area contributed by atoms with Crippen molar-refractivity contribution < 1.29 is 9.18 Å².